The van der Waals surface area contributed by atoms with Gasteiger partial charge in [0.25, 0.3) is 0 Å². The molecular weight excluding hydrogens is 336 g/mol. The quantitative estimate of drug-likeness (QED) is 0.824. The largest absolute Gasteiger partial charge is 0.376 e. The minimum Gasteiger partial charge on any atom is -0.376 e. The lowest BCUT2D eigenvalue weighted by Gasteiger charge is -2.25. The van der Waals surface area contributed by atoms with Crippen LogP contribution in [0.5, 0.6) is 0 Å². The van der Waals surface area contributed by atoms with E-state index in [0.29, 0.717) is 19.6 Å². The predicted octanol–water partition coefficient (Wildman–Crippen LogP) is 2.78. The molecule has 25 heavy (non-hydrogen) atoms. The van der Waals surface area contributed by atoms with Gasteiger partial charge in [-0.25, -0.2) is 9.78 Å². The Morgan fingerprint density at radius 3 is 3.08 bits per heavy atom. The second-order valence-corrected chi connectivity index (χ2v) is 7.14. The molecule has 0 unspecified atom stereocenters. The summed E-state index contributed by atoms with van der Waals surface area (Å²) < 4.78 is 5.70. The summed E-state index contributed by atoms with van der Waals surface area (Å²) in [6, 6.07) is 5.68. The number of urea groups is 1. The maximum absolute atomic E-state index is 12.6. The number of aryl methyl sites for hydroxylation is 1. The number of carbonyl (C=O) groups excluding carboxylic acids is 1. The first-order valence-corrected chi connectivity index (χ1v) is 9.54. The van der Waals surface area contributed by atoms with E-state index in [-0.39, 0.29) is 12.1 Å². The second-order valence-electron chi connectivity index (χ2n) is 6.20. The second kappa shape index (κ2) is 8.92. The third kappa shape index (κ3) is 5.51. The van der Waals surface area contributed by atoms with Crippen LogP contribution in [-0.2, 0) is 17.7 Å². The summed E-state index contributed by atoms with van der Waals surface area (Å²) in [6.45, 7) is 4.43. The molecule has 2 aromatic rings. The van der Waals surface area contributed by atoms with Crippen LogP contribution in [0.2, 0.25) is 0 Å². The molecule has 0 aromatic carbocycles. The normalized spacial score (nSPS) is 16.8. The number of amides is 2. The van der Waals surface area contributed by atoms with Gasteiger partial charge in [-0.15, -0.1) is 11.3 Å². The van der Waals surface area contributed by atoms with Crippen molar-refractivity contribution in [2.75, 3.05) is 19.7 Å². The molecule has 2 aromatic heterocycles. The number of ether oxygens (including phenoxy) is 1. The Kier molecular flexibility index (Phi) is 6.36. The van der Waals surface area contributed by atoms with Crippen molar-refractivity contribution >= 4 is 17.4 Å². The standard InChI is InChI=1S/C18H24N4O2S/c1-14-13-25-17(21-14)7-9-20-18(23)22(12-16-6-4-10-24-16)11-15-5-2-3-8-19-15/h2-3,5,8,13,16H,4,6-7,9-12H2,1H3,(H,20,23)/t16-/m0/s1. The molecule has 3 rings (SSSR count). The van der Waals surface area contributed by atoms with Gasteiger partial charge in [-0.2, -0.15) is 0 Å². The van der Waals surface area contributed by atoms with E-state index in [1.165, 1.54) is 0 Å². The van der Waals surface area contributed by atoms with Crippen molar-refractivity contribution in [3.63, 3.8) is 0 Å². The molecule has 1 fully saturated rings. The highest BCUT2D eigenvalue weighted by atomic mass is 32.1. The number of hydrogen-bond acceptors (Lipinski definition) is 5. The van der Waals surface area contributed by atoms with Crippen molar-refractivity contribution in [2.24, 2.45) is 0 Å². The zero-order valence-corrected chi connectivity index (χ0v) is 15.3. The summed E-state index contributed by atoms with van der Waals surface area (Å²) in [5.74, 6) is 0. The Bertz CT molecular complexity index is 671. The molecule has 0 saturated carbocycles. The average molecular weight is 360 g/mol. The van der Waals surface area contributed by atoms with Crippen LogP contribution in [0, 0.1) is 6.92 Å². The van der Waals surface area contributed by atoms with Gasteiger partial charge in [-0.1, -0.05) is 6.07 Å². The number of hydrogen-bond donors (Lipinski definition) is 1. The molecule has 0 bridgehead atoms. The maximum Gasteiger partial charge on any atom is 0.317 e. The molecular formula is C18H24N4O2S. The summed E-state index contributed by atoms with van der Waals surface area (Å²) in [6.07, 6.45) is 4.69. The maximum atomic E-state index is 12.6. The third-order valence-electron chi connectivity index (χ3n) is 4.10. The molecule has 2 amide bonds. The lowest BCUT2D eigenvalue weighted by atomic mass is 10.2. The first kappa shape index (κ1) is 17.8. The number of aromatic nitrogens is 2. The van der Waals surface area contributed by atoms with Crippen molar-refractivity contribution in [3.8, 4) is 0 Å². The smallest absolute Gasteiger partial charge is 0.317 e. The molecule has 1 atom stereocenters. The van der Waals surface area contributed by atoms with Crippen LogP contribution >= 0.6 is 11.3 Å². The molecule has 1 aliphatic heterocycles. The number of nitrogens with one attached hydrogen (secondary N) is 1. The van der Waals surface area contributed by atoms with E-state index in [2.05, 4.69) is 15.3 Å². The zero-order valence-electron chi connectivity index (χ0n) is 14.5. The lowest BCUT2D eigenvalue weighted by Crippen LogP contribution is -2.44. The van der Waals surface area contributed by atoms with Gasteiger partial charge in [-0.05, 0) is 31.9 Å². The van der Waals surface area contributed by atoms with E-state index in [0.717, 1.165) is 42.3 Å². The van der Waals surface area contributed by atoms with Crippen LogP contribution in [0.1, 0.15) is 29.2 Å². The van der Waals surface area contributed by atoms with Gasteiger partial charge in [-0.3, -0.25) is 4.98 Å². The highest BCUT2D eigenvalue weighted by Gasteiger charge is 2.23. The molecule has 1 aliphatic rings. The first-order chi connectivity index (χ1) is 12.2. The number of nitrogens with zero attached hydrogens (tertiary/aromatic N) is 3. The highest BCUT2D eigenvalue weighted by Crippen LogP contribution is 2.15. The van der Waals surface area contributed by atoms with Gasteiger partial charge >= 0.3 is 6.03 Å². The Hall–Kier alpha value is -1.99. The topological polar surface area (TPSA) is 67.4 Å². The van der Waals surface area contributed by atoms with E-state index >= 15 is 0 Å². The van der Waals surface area contributed by atoms with Crippen LogP contribution in [-0.4, -0.2) is 46.7 Å². The predicted molar refractivity (Wildman–Crippen MR) is 97.6 cm³/mol. The minimum absolute atomic E-state index is 0.0746. The summed E-state index contributed by atoms with van der Waals surface area (Å²) in [5.41, 5.74) is 1.91. The Labute approximate surface area is 152 Å². The average Bonchev–Trinajstić information content (AvgIpc) is 3.27. The lowest BCUT2D eigenvalue weighted by molar-refractivity contribution is 0.0792. The van der Waals surface area contributed by atoms with Crippen LogP contribution < -0.4 is 5.32 Å². The molecule has 0 spiro atoms. The Morgan fingerprint density at radius 1 is 1.48 bits per heavy atom. The van der Waals surface area contributed by atoms with Crippen LogP contribution in [0.15, 0.2) is 29.8 Å². The van der Waals surface area contributed by atoms with E-state index < -0.39 is 0 Å². The summed E-state index contributed by atoms with van der Waals surface area (Å²) in [7, 11) is 0. The van der Waals surface area contributed by atoms with Crippen LogP contribution in [0.4, 0.5) is 4.79 Å². The Balaban J connectivity index is 1.55. The van der Waals surface area contributed by atoms with E-state index in [1.54, 1.807) is 22.4 Å². The van der Waals surface area contributed by atoms with Gasteiger partial charge in [0.15, 0.2) is 0 Å². The molecule has 1 N–H and O–H groups in total. The van der Waals surface area contributed by atoms with Gasteiger partial charge in [0, 0.05) is 43.4 Å². The molecule has 0 aliphatic carbocycles. The summed E-state index contributed by atoms with van der Waals surface area (Å²) in [5, 5.41) is 6.08. The number of thiazole rings is 1. The van der Waals surface area contributed by atoms with Crippen LogP contribution in [0.25, 0.3) is 0 Å². The van der Waals surface area contributed by atoms with Gasteiger partial charge < -0.3 is 15.0 Å². The number of pyridine rings is 1. The van der Waals surface area contributed by atoms with E-state index in [9.17, 15) is 4.79 Å². The van der Waals surface area contributed by atoms with Crippen LogP contribution in [0.3, 0.4) is 0 Å². The summed E-state index contributed by atoms with van der Waals surface area (Å²) in [4.78, 5) is 23.2. The van der Waals surface area contributed by atoms with Crippen molar-refractivity contribution < 1.29 is 9.53 Å². The van der Waals surface area contributed by atoms with Crippen molar-refractivity contribution in [1.29, 1.82) is 0 Å². The van der Waals surface area contributed by atoms with Gasteiger partial charge in [0.1, 0.15) is 0 Å². The summed E-state index contributed by atoms with van der Waals surface area (Å²) >= 11 is 1.63. The fourth-order valence-corrected chi connectivity index (χ4v) is 3.62. The molecule has 7 heteroatoms. The molecule has 0 radical (unpaired) electrons. The van der Waals surface area contributed by atoms with E-state index in [1.807, 2.05) is 30.5 Å². The van der Waals surface area contributed by atoms with Gasteiger partial charge in [0.2, 0.25) is 0 Å². The Morgan fingerprint density at radius 2 is 2.40 bits per heavy atom. The van der Waals surface area contributed by atoms with Crippen molar-refractivity contribution in [1.82, 2.24) is 20.2 Å². The third-order valence-corrected chi connectivity index (χ3v) is 5.12. The molecule has 134 valence electrons. The number of rotatable bonds is 7. The van der Waals surface area contributed by atoms with E-state index in [4.69, 9.17) is 4.74 Å². The SMILES string of the molecule is Cc1csc(CCNC(=O)N(Cc2ccccn2)C[C@@H]2CCCO2)n1. The first-order valence-electron chi connectivity index (χ1n) is 8.66. The zero-order chi connectivity index (χ0) is 17.5. The fourth-order valence-electron chi connectivity index (χ4n) is 2.85. The number of carbonyl (C=O) groups is 1. The van der Waals surface area contributed by atoms with Gasteiger partial charge in [0.05, 0.1) is 23.4 Å². The minimum atomic E-state index is -0.0746. The van der Waals surface area contributed by atoms with Crippen molar-refractivity contribution in [2.45, 2.75) is 38.8 Å². The fraction of sp³-hybridized carbons (Fsp3) is 0.500. The monoisotopic (exact) mass is 360 g/mol. The van der Waals surface area contributed by atoms with Crippen molar-refractivity contribution in [3.05, 3.63) is 46.2 Å². The molecule has 6 nitrogen and oxygen atoms in total. The molecule has 1 saturated heterocycles. The molecule has 3 heterocycles. The highest BCUT2D eigenvalue weighted by molar-refractivity contribution is 7.09.